The van der Waals surface area contributed by atoms with Crippen molar-refractivity contribution >= 4 is 33.2 Å². The second kappa shape index (κ2) is 7.23. The molecule has 0 unspecified atom stereocenters. The maximum Gasteiger partial charge on any atom is 0.270 e. The van der Waals surface area contributed by atoms with Crippen LogP contribution in [0.25, 0.3) is 0 Å². The highest BCUT2D eigenvalue weighted by Gasteiger charge is 2.31. The van der Waals surface area contributed by atoms with Gasteiger partial charge < -0.3 is 10.1 Å². The molecule has 0 radical (unpaired) electrons. The molecule has 2 rings (SSSR count). The molecule has 132 valence electrons. The molecule has 0 aromatic heterocycles. The summed E-state index contributed by atoms with van der Waals surface area (Å²) < 4.78 is 6.71. The number of nitrogens with zero attached hydrogens (tertiary/aromatic N) is 1. The summed E-state index contributed by atoms with van der Waals surface area (Å²) in [6, 6.07) is 10.1. The highest BCUT2D eigenvalue weighted by atomic mass is 79.9. The molecule has 0 aliphatic carbocycles. The average molecular weight is 407 g/mol. The van der Waals surface area contributed by atoms with Crippen molar-refractivity contribution in [2.45, 2.75) is 33.3 Å². The first-order valence-electron chi connectivity index (χ1n) is 7.62. The summed E-state index contributed by atoms with van der Waals surface area (Å²) in [5, 5.41) is 13.7. The lowest BCUT2D eigenvalue weighted by Crippen LogP contribution is -2.42. The number of nitro groups is 1. The van der Waals surface area contributed by atoms with Crippen LogP contribution in [0.5, 0.6) is 5.75 Å². The van der Waals surface area contributed by atoms with E-state index in [0.29, 0.717) is 22.6 Å². The molecule has 0 bridgehead atoms. The number of carbonyl (C=O) groups excluding carboxylic acids is 1. The van der Waals surface area contributed by atoms with Gasteiger partial charge in [-0.05, 0) is 63.1 Å². The Bertz CT molecular complexity index is 793. The lowest BCUT2D eigenvalue weighted by molar-refractivity contribution is -0.384. The molecule has 25 heavy (non-hydrogen) atoms. The van der Waals surface area contributed by atoms with Gasteiger partial charge >= 0.3 is 0 Å². The van der Waals surface area contributed by atoms with E-state index in [9.17, 15) is 14.9 Å². The van der Waals surface area contributed by atoms with Crippen molar-refractivity contribution in [3.05, 3.63) is 62.1 Å². The number of aryl methyl sites for hydroxylation is 2. The SMILES string of the molecule is Cc1cc([N+](=O)[O-])cc(C)c1NC(=O)C(C)(C)Oc1ccc(Br)cc1. The number of hydrogen-bond acceptors (Lipinski definition) is 4. The van der Waals surface area contributed by atoms with Gasteiger partial charge in [0.1, 0.15) is 5.75 Å². The number of carbonyl (C=O) groups is 1. The molecule has 1 amide bonds. The van der Waals surface area contributed by atoms with Crippen LogP contribution < -0.4 is 10.1 Å². The number of ether oxygens (including phenoxy) is 1. The molecule has 0 aliphatic heterocycles. The van der Waals surface area contributed by atoms with E-state index in [-0.39, 0.29) is 11.6 Å². The van der Waals surface area contributed by atoms with Gasteiger partial charge in [0.05, 0.1) is 4.92 Å². The fourth-order valence-corrected chi connectivity index (χ4v) is 2.62. The van der Waals surface area contributed by atoms with Crippen molar-refractivity contribution in [1.82, 2.24) is 0 Å². The van der Waals surface area contributed by atoms with Crippen molar-refractivity contribution in [1.29, 1.82) is 0 Å². The minimum Gasteiger partial charge on any atom is -0.478 e. The average Bonchev–Trinajstić information content (AvgIpc) is 2.52. The normalized spacial score (nSPS) is 11.1. The summed E-state index contributed by atoms with van der Waals surface area (Å²) in [5.41, 5.74) is 0.689. The minimum absolute atomic E-state index is 0.00151. The summed E-state index contributed by atoms with van der Waals surface area (Å²) in [4.78, 5) is 23.1. The van der Waals surface area contributed by atoms with Crippen molar-refractivity contribution < 1.29 is 14.5 Å². The lowest BCUT2D eigenvalue weighted by atomic mass is 10.0. The van der Waals surface area contributed by atoms with Crippen LogP contribution in [0.2, 0.25) is 0 Å². The van der Waals surface area contributed by atoms with Crippen molar-refractivity contribution in [3.63, 3.8) is 0 Å². The molecular weight excluding hydrogens is 388 g/mol. The third kappa shape index (κ3) is 4.57. The van der Waals surface area contributed by atoms with E-state index >= 15 is 0 Å². The Morgan fingerprint density at radius 1 is 1.16 bits per heavy atom. The topological polar surface area (TPSA) is 81.5 Å². The van der Waals surface area contributed by atoms with Crippen LogP contribution in [0.15, 0.2) is 40.9 Å². The predicted molar refractivity (Wildman–Crippen MR) is 100 cm³/mol. The van der Waals surface area contributed by atoms with Gasteiger partial charge in [-0.1, -0.05) is 15.9 Å². The predicted octanol–water partition coefficient (Wildman–Crippen LogP) is 4.77. The van der Waals surface area contributed by atoms with Crippen LogP contribution in [-0.4, -0.2) is 16.4 Å². The van der Waals surface area contributed by atoms with E-state index in [1.54, 1.807) is 39.8 Å². The standard InChI is InChI=1S/C18H19BrN2O4/c1-11-9-14(21(23)24)10-12(2)16(11)20-17(22)18(3,4)25-15-7-5-13(19)6-8-15/h5-10H,1-4H3,(H,20,22). The molecule has 0 fully saturated rings. The maximum absolute atomic E-state index is 12.6. The number of rotatable bonds is 5. The Morgan fingerprint density at radius 3 is 2.16 bits per heavy atom. The zero-order valence-corrected chi connectivity index (χ0v) is 16.0. The third-order valence-electron chi connectivity index (χ3n) is 3.70. The lowest BCUT2D eigenvalue weighted by Gasteiger charge is -2.26. The highest BCUT2D eigenvalue weighted by Crippen LogP contribution is 2.28. The molecule has 0 spiro atoms. The van der Waals surface area contributed by atoms with E-state index in [4.69, 9.17) is 4.74 Å². The number of benzene rings is 2. The summed E-state index contributed by atoms with van der Waals surface area (Å²) >= 11 is 3.35. The molecule has 0 atom stereocenters. The van der Waals surface area contributed by atoms with Gasteiger partial charge in [0.2, 0.25) is 0 Å². The van der Waals surface area contributed by atoms with E-state index in [1.165, 1.54) is 12.1 Å². The van der Waals surface area contributed by atoms with E-state index in [1.807, 2.05) is 12.1 Å². The molecule has 1 N–H and O–H groups in total. The largest absolute Gasteiger partial charge is 0.478 e. The van der Waals surface area contributed by atoms with Crippen molar-refractivity contribution in [2.24, 2.45) is 0 Å². The van der Waals surface area contributed by atoms with Crippen LogP contribution in [0.4, 0.5) is 11.4 Å². The first-order valence-corrected chi connectivity index (χ1v) is 8.41. The van der Waals surface area contributed by atoms with E-state index < -0.39 is 10.5 Å². The summed E-state index contributed by atoms with van der Waals surface area (Å²) in [5.74, 6) is 0.232. The van der Waals surface area contributed by atoms with Crippen LogP contribution in [-0.2, 0) is 4.79 Å². The molecule has 2 aromatic rings. The molecule has 2 aromatic carbocycles. The molecule has 0 aliphatic rings. The van der Waals surface area contributed by atoms with Gasteiger partial charge in [0.25, 0.3) is 11.6 Å². The summed E-state index contributed by atoms with van der Waals surface area (Å²) in [6.07, 6.45) is 0. The maximum atomic E-state index is 12.6. The van der Waals surface area contributed by atoms with Gasteiger partial charge in [-0.2, -0.15) is 0 Å². The van der Waals surface area contributed by atoms with E-state index in [0.717, 1.165) is 4.47 Å². The Kier molecular flexibility index (Phi) is 5.47. The first-order chi connectivity index (χ1) is 11.6. The number of anilines is 1. The second-order valence-electron chi connectivity index (χ2n) is 6.23. The van der Waals surface area contributed by atoms with Gasteiger partial charge in [-0.25, -0.2) is 0 Å². The number of nitrogens with one attached hydrogen (secondary N) is 1. The monoisotopic (exact) mass is 406 g/mol. The molecule has 0 heterocycles. The highest BCUT2D eigenvalue weighted by molar-refractivity contribution is 9.10. The van der Waals surface area contributed by atoms with Gasteiger partial charge in [0.15, 0.2) is 5.60 Å². The quantitative estimate of drug-likeness (QED) is 0.572. The van der Waals surface area contributed by atoms with Gasteiger partial charge in [-0.15, -0.1) is 0 Å². The molecule has 7 heteroatoms. The molecular formula is C18H19BrN2O4. The van der Waals surface area contributed by atoms with Crippen molar-refractivity contribution in [2.75, 3.05) is 5.32 Å². The number of nitro benzene ring substituents is 1. The van der Waals surface area contributed by atoms with Crippen LogP contribution in [0, 0.1) is 24.0 Å². The summed E-state index contributed by atoms with van der Waals surface area (Å²) in [6.45, 7) is 6.78. The molecule has 0 saturated carbocycles. The minimum atomic E-state index is -1.12. The van der Waals surface area contributed by atoms with E-state index in [2.05, 4.69) is 21.2 Å². The number of non-ortho nitro benzene ring substituents is 1. The third-order valence-corrected chi connectivity index (χ3v) is 4.23. The number of amides is 1. The van der Waals surface area contributed by atoms with Gasteiger partial charge in [0, 0.05) is 22.3 Å². The Labute approximate surface area is 154 Å². The second-order valence-corrected chi connectivity index (χ2v) is 7.15. The molecule has 0 saturated heterocycles. The van der Waals surface area contributed by atoms with Crippen molar-refractivity contribution in [3.8, 4) is 5.75 Å². The zero-order valence-electron chi connectivity index (χ0n) is 14.4. The van der Waals surface area contributed by atoms with Crippen LogP contribution in [0.1, 0.15) is 25.0 Å². The van der Waals surface area contributed by atoms with Crippen LogP contribution >= 0.6 is 15.9 Å². The first kappa shape index (κ1) is 18.9. The smallest absolute Gasteiger partial charge is 0.270 e. The number of halogens is 1. The Hall–Kier alpha value is -2.41. The Morgan fingerprint density at radius 2 is 1.68 bits per heavy atom. The summed E-state index contributed by atoms with van der Waals surface area (Å²) in [7, 11) is 0. The van der Waals surface area contributed by atoms with Gasteiger partial charge in [-0.3, -0.25) is 14.9 Å². The van der Waals surface area contributed by atoms with Crippen LogP contribution in [0.3, 0.4) is 0 Å². The fourth-order valence-electron chi connectivity index (χ4n) is 2.35. The Balaban J connectivity index is 2.20. The fraction of sp³-hybridized carbons (Fsp3) is 0.278. The zero-order chi connectivity index (χ0) is 18.8. The molecule has 6 nitrogen and oxygen atoms in total. The number of hydrogen-bond donors (Lipinski definition) is 1.